The van der Waals surface area contributed by atoms with Crippen molar-refractivity contribution in [1.82, 2.24) is 9.79 Å². The number of hydrogen-bond donors (Lipinski definition) is 2. The van der Waals surface area contributed by atoms with Crippen molar-refractivity contribution in [3.63, 3.8) is 0 Å². The summed E-state index contributed by atoms with van der Waals surface area (Å²) in [5, 5.41) is 8.66. The quantitative estimate of drug-likeness (QED) is 0.363. The summed E-state index contributed by atoms with van der Waals surface area (Å²) in [6, 6.07) is 4.76. The minimum Gasteiger partial charge on any atom is -0.494 e. The van der Waals surface area contributed by atoms with Crippen molar-refractivity contribution in [2.24, 2.45) is 0 Å². The Kier molecular flexibility index (Phi) is 7.46. The van der Waals surface area contributed by atoms with Gasteiger partial charge in [0.25, 0.3) is 5.91 Å². The average molecular weight is 414 g/mol. The van der Waals surface area contributed by atoms with Crippen molar-refractivity contribution in [2.45, 2.75) is 31.4 Å². The highest BCUT2D eigenvalue weighted by atomic mass is 32.2. The largest absolute Gasteiger partial charge is 0.573 e. The van der Waals surface area contributed by atoms with Crippen molar-refractivity contribution in [2.75, 3.05) is 20.2 Å². The van der Waals surface area contributed by atoms with Crippen LogP contribution in [0.2, 0.25) is 0 Å². The molecule has 0 aliphatic heterocycles. The molecule has 0 saturated heterocycles. The molecule has 0 unspecified atom stereocenters. The second-order valence-corrected chi connectivity index (χ2v) is 8.59. The molecule has 1 aromatic carbocycles. The van der Waals surface area contributed by atoms with Gasteiger partial charge in [-0.1, -0.05) is 0 Å². The highest BCUT2D eigenvalue weighted by Gasteiger charge is 2.44. The zero-order valence-electron chi connectivity index (χ0n) is 14.9. The Labute approximate surface area is 154 Å². The van der Waals surface area contributed by atoms with Gasteiger partial charge in [0, 0.05) is 13.6 Å². The van der Waals surface area contributed by atoms with Gasteiger partial charge in [-0.3, -0.25) is 10.0 Å². The summed E-state index contributed by atoms with van der Waals surface area (Å²) in [5.74, 6) is -1.16. The lowest BCUT2D eigenvalue weighted by atomic mass is 10.2. The Morgan fingerprint density at radius 2 is 1.70 bits per heavy atom. The van der Waals surface area contributed by atoms with Gasteiger partial charge in [0.1, 0.15) is 11.5 Å². The molecule has 0 aliphatic carbocycles. The zero-order valence-corrected chi connectivity index (χ0v) is 15.7. The number of nitrogens with zero attached hydrogens (tertiary/aromatic N) is 1. The first-order chi connectivity index (χ1) is 12.3. The Bertz CT molecular complexity index is 735. The second kappa shape index (κ2) is 8.76. The third kappa shape index (κ3) is 6.26. The van der Waals surface area contributed by atoms with Crippen molar-refractivity contribution in [1.29, 1.82) is 0 Å². The van der Waals surface area contributed by atoms with Crippen molar-refractivity contribution < 1.29 is 41.1 Å². The van der Waals surface area contributed by atoms with Gasteiger partial charge in [0.05, 0.1) is 6.61 Å². The van der Waals surface area contributed by atoms with Crippen LogP contribution in [0, 0.1) is 0 Å². The average Bonchev–Trinajstić information content (AvgIpc) is 2.57. The number of amides is 1. The van der Waals surface area contributed by atoms with Crippen LogP contribution < -0.4 is 15.0 Å². The molecule has 0 fully saturated rings. The monoisotopic (exact) mass is 414 g/mol. The topological polar surface area (TPSA) is 105 Å². The summed E-state index contributed by atoms with van der Waals surface area (Å²) in [6.07, 6.45) is -4.52. The summed E-state index contributed by atoms with van der Waals surface area (Å²) in [4.78, 5) is 11.5. The van der Waals surface area contributed by atoms with Crippen LogP contribution in [0.3, 0.4) is 0 Å². The highest BCUT2D eigenvalue weighted by Crippen LogP contribution is 2.25. The van der Waals surface area contributed by atoms with Crippen LogP contribution >= 0.6 is 0 Å². The third-order valence-electron chi connectivity index (χ3n) is 3.65. The molecule has 0 spiro atoms. The maximum Gasteiger partial charge on any atom is 0.573 e. The summed E-state index contributed by atoms with van der Waals surface area (Å²) >= 11 is 0. The van der Waals surface area contributed by atoms with Gasteiger partial charge in [-0.2, -0.15) is 0 Å². The van der Waals surface area contributed by atoms with E-state index in [1.165, 1.54) is 24.7 Å². The number of carbonyl (C=O) groups excluding carboxylic acids is 1. The van der Waals surface area contributed by atoms with Gasteiger partial charge < -0.3 is 9.47 Å². The van der Waals surface area contributed by atoms with Gasteiger partial charge >= 0.3 is 6.36 Å². The van der Waals surface area contributed by atoms with Gasteiger partial charge in [-0.25, -0.2) is 18.2 Å². The number of halogens is 3. The summed E-state index contributed by atoms with van der Waals surface area (Å²) in [7, 11) is -2.75. The molecular formula is C15H21F3N2O6S. The van der Waals surface area contributed by atoms with Crippen LogP contribution in [-0.4, -0.2) is 55.1 Å². The second-order valence-electron chi connectivity index (χ2n) is 6.00. The van der Waals surface area contributed by atoms with E-state index in [4.69, 9.17) is 9.94 Å². The van der Waals surface area contributed by atoms with Crippen molar-refractivity contribution in [3.05, 3.63) is 24.3 Å². The first-order valence-electron chi connectivity index (χ1n) is 7.70. The third-order valence-corrected chi connectivity index (χ3v) is 6.13. The predicted molar refractivity (Wildman–Crippen MR) is 88.8 cm³/mol. The number of alkyl halides is 3. The maximum atomic E-state index is 12.4. The number of carbonyl (C=O) groups is 1. The number of hydroxylamine groups is 1. The summed E-state index contributed by atoms with van der Waals surface area (Å²) in [6.45, 7) is 2.43. The zero-order chi connectivity index (χ0) is 20.9. The number of ether oxygens (including phenoxy) is 2. The van der Waals surface area contributed by atoms with Crippen LogP contribution in [0.5, 0.6) is 11.5 Å². The molecule has 1 rings (SSSR count). The molecule has 12 heteroatoms. The minimum absolute atomic E-state index is 0.0275. The molecule has 0 radical (unpaired) electrons. The molecule has 0 bridgehead atoms. The van der Waals surface area contributed by atoms with Gasteiger partial charge in [0.2, 0.25) is 10.0 Å². The molecule has 8 nitrogen and oxygen atoms in total. The fourth-order valence-corrected chi connectivity index (χ4v) is 3.40. The number of sulfonamides is 1. The molecule has 0 atom stereocenters. The maximum absolute atomic E-state index is 12.4. The molecule has 154 valence electrons. The van der Waals surface area contributed by atoms with Crippen LogP contribution in [0.4, 0.5) is 13.2 Å². The lowest BCUT2D eigenvalue weighted by molar-refractivity contribution is -0.274. The van der Waals surface area contributed by atoms with E-state index < -0.39 is 27.0 Å². The van der Waals surface area contributed by atoms with E-state index in [9.17, 15) is 26.4 Å². The Hall–Kier alpha value is -2.05. The molecule has 2 N–H and O–H groups in total. The van der Waals surface area contributed by atoms with E-state index in [1.54, 1.807) is 0 Å². The van der Waals surface area contributed by atoms with Gasteiger partial charge in [-0.05, 0) is 44.5 Å². The lowest BCUT2D eigenvalue weighted by Crippen LogP contribution is -2.52. The molecule has 1 amide bonds. The molecule has 0 aromatic heterocycles. The number of hydrogen-bond acceptors (Lipinski definition) is 6. The van der Waals surface area contributed by atoms with Crippen molar-refractivity contribution in [3.8, 4) is 11.5 Å². The Balaban J connectivity index is 2.53. The van der Waals surface area contributed by atoms with E-state index in [1.807, 2.05) is 0 Å². The highest BCUT2D eigenvalue weighted by molar-refractivity contribution is 7.91. The Morgan fingerprint density at radius 3 is 2.19 bits per heavy atom. The molecule has 0 heterocycles. The fourth-order valence-electron chi connectivity index (χ4n) is 1.98. The fraction of sp³-hybridized carbons (Fsp3) is 0.533. The van der Waals surface area contributed by atoms with Gasteiger partial charge in [0.15, 0.2) is 4.75 Å². The first kappa shape index (κ1) is 23.0. The standard InChI is InChI=1S/C15H21F3N2O6S/c1-14(2,13(21)19-22)27(23,24)20(3)9-4-10-25-11-5-7-12(8-6-11)26-15(16,17)18/h5-8,22H,4,9-10H2,1-3H3,(H,19,21). The normalized spacial score (nSPS) is 12.7. The molecule has 27 heavy (non-hydrogen) atoms. The van der Waals surface area contributed by atoms with Gasteiger partial charge in [-0.15, -0.1) is 13.2 Å². The molecule has 1 aromatic rings. The summed E-state index contributed by atoms with van der Waals surface area (Å²) < 4.78 is 69.1. The van der Waals surface area contributed by atoms with Crippen LogP contribution in [0.1, 0.15) is 20.3 Å². The number of rotatable bonds is 9. The van der Waals surface area contributed by atoms with Crippen LogP contribution in [0.25, 0.3) is 0 Å². The van der Waals surface area contributed by atoms with Crippen LogP contribution in [0.15, 0.2) is 24.3 Å². The first-order valence-corrected chi connectivity index (χ1v) is 9.14. The van der Waals surface area contributed by atoms with E-state index in [0.717, 1.165) is 30.3 Å². The number of nitrogens with one attached hydrogen (secondary N) is 1. The summed E-state index contributed by atoms with van der Waals surface area (Å²) in [5.41, 5.74) is 1.32. The molecule has 0 saturated carbocycles. The SMILES string of the molecule is CN(CCCOc1ccc(OC(F)(F)F)cc1)S(=O)(=O)C(C)(C)C(=O)NO. The minimum atomic E-state index is -4.78. The van der Waals surface area contributed by atoms with E-state index in [0.29, 0.717) is 0 Å². The molecular weight excluding hydrogens is 393 g/mol. The van der Waals surface area contributed by atoms with E-state index in [-0.39, 0.29) is 31.1 Å². The van der Waals surface area contributed by atoms with Crippen molar-refractivity contribution >= 4 is 15.9 Å². The smallest absolute Gasteiger partial charge is 0.494 e. The number of benzene rings is 1. The molecule has 0 aliphatic rings. The van der Waals surface area contributed by atoms with E-state index >= 15 is 0 Å². The van der Waals surface area contributed by atoms with E-state index in [2.05, 4.69) is 4.74 Å². The lowest BCUT2D eigenvalue weighted by Gasteiger charge is -2.28. The Morgan fingerprint density at radius 1 is 1.19 bits per heavy atom. The predicted octanol–water partition coefficient (Wildman–Crippen LogP) is 1.90. The van der Waals surface area contributed by atoms with Crippen LogP contribution in [-0.2, 0) is 14.8 Å².